The van der Waals surface area contributed by atoms with Crippen molar-refractivity contribution >= 4 is 0 Å². The summed E-state index contributed by atoms with van der Waals surface area (Å²) < 4.78 is 0. The van der Waals surface area contributed by atoms with Gasteiger partial charge in [0.2, 0.25) is 0 Å². The summed E-state index contributed by atoms with van der Waals surface area (Å²) in [7, 11) is 0. The third-order valence-electron chi connectivity index (χ3n) is 5.38. The average molecular weight is 231 g/mol. The zero-order chi connectivity index (χ0) is 12.7. The fourth-order valence-electron chi connectivity index (χ4n) is 3.96. The van der Waals surface area contributed by atoms with Crippen molar-refractivity contribution in [2.75, 3.05) is 0 Å². The van der Waals surface area contributed by atoms with E-state index in [1.165, 1.54) is 37.7 Å². The van der Waals surface area contributed by atoms with E-state index in [9.17, 15) is 0 Å². The molecule has 3 atom stereocenters. The van der Waals surface area contributed by atoms with E-state index < -0.39 is 0 Å². The molecule has 0 heterocycles. The van der Waals surface area contributed by atoms with E-state index in [0.717, 1.165) is 0 Å². The van der Waals surface area contributed by atoms with Crippen LogP contribution in [0.5, 0.6) is 0 Å². The Kier molecular flexibility index (Phi) is 3.10. The van der Waals surface area contributed by atoms with E-state index in [4.69, 9.17) is 6.57 Å². The second-order valence-electron chi connectivity index (χ2n) is 6.67. The normalized spacial score (nSPS) is 41.6. The van der Waals surface area contributed by atoms with E-state index in [1.807, 2.05) is 0 Å². The standard InChI is InChI=1S/C16H25N/c1-12(2)14-8-10-15(4)9-6-7-13(3)16(15,11-14)17-5/h11-13H,6-10H2,1-4H3/t13-,15-,16-/m1/s1. The summed E-state index contributed by atoms with van der Waals surface area (Å²) in [6.45, 7) is 16.9. The van der Waals surface area contributed by atoms with Gasteiger partial charge in [-0.1, -0.05) is 39.7 Å². The van der Waals surface area contributed by atoms with Crippen LogP contribution in [0.15, 0.2) is 11.6 Å². The van der Waals surface area contributed by atoms with Gasteiger partial charge in [-0.3, -0.25) is 0 Å². The molecule has 2 aliphatic carbocycles. The van der Waals surface area contributed by atoms with Gasteiger partial charge in [0.05, 0.1) is 0 Å². The largest absolute Gasteiger partial charge is 0.305 e. The molecule has 2 rings (SSSR count). The molecule has 1 nitrogen and oxygen atoms in total. The Morgan fingerprint density at radius 3 is 2.71 bits per heavy atom. The second-order valence-corrected chi connectivity index (χ2v) is 6.67. The van der Waals surface area contributed by atoms with Crippen molar-refractivity contribution in [3.05, 3.63) is 23.1 Å². The van der Waals surface area contributed by atoms with Crippen LogP contribution in [-0.4, -0.2) is 5.54 Å². The number of allylic oxidation sites excluding steroid dienone is 1. The minimum Gasteiger partial charge on any atom is -0.305 e. The molecule has 0 N–H and O–H groups in total. The highest BCUT2D eigenvalue weighted by atomic mass is 14.9. The average Bonchev–Trinajstić information content (AvgIpc) is 2.28. The third kappa shape index (κ3) is 1.73. The molecule has 0 bridgehead atoms. The van der Waals surface area contributed by atoms with Crippen molar-refractivity contribution in [2.45, 2.75) is 65.3 Å². The zero-order valence-corrected chi connectivity index (χ0v) is 11.7. The van der Waals surface area contributed by atoms with Gasteiger partial charge in [-0.05, 0) is 31.6 Å². The van der Waals surface area contributed by atoms with Gasteiger partial charge in [0, 0.05) is 17.4 Å². The Balaban J connectivity index is 2.49. The van der Waals surface area contributed by atoms with E-state index in [0.29, 0.717) is 11.8 Å². The molecule has 0 aliphatic heterocycles. The van der Waals surface area contributed by atoms with Crippen LogP contribution in [0.25, 0.3) is 4.85 Å². The molecule has 1 saturated carbocycles. The molecule has 0 unspecified atom stereocenters. The van der Waals surface area contributed by atoms with Crippen molar-refractivity contribution in [1.82, 2.24) is 0 Å². The van der Waals surface area contributed by atoms with Gasteiger partial charge >= 0.3 is 0 Å². The van der Waals surface area contributed by atoms with Crippen LogP contribution in [0, 0.1) is 23.8 Å². The van der Waals surface area contributed by atoms with Crippen molar-refractivity contribution in [2.24, 2.45) is 17.3 Å². The molecular weight excluding hydrogens is 206 g/mol. The van der Waals surface area contributed by atoms with Gasteiger partial charge in [0.25, 0.3) is 5.54 Å². The Morgan fingerprint density at radius 2 is 2.12 bits per heavy atom. The molecule has 0 amide bonds. The van der Waals surface area contributed by atoms with Gasteiger partial charge in [-0.15, -0.1) is 0 Å². The zero-order valence-electron chi connectivity index (χ0n) is 11.7. The molecule has 0 aromatic rings. The van der Waals surface area contributed by atoms with Gasteiger partial charge in [0.1, 0.15) is 0 Å². The first-order valence-corrected chi connectivity index (χ1v) is 7.05. The first kappa shape index (κ1) is 12.7. The lowest BCUT2D eigenvalue weighted by atomic mass is 9.53. The van der Waals surface area contributed by atoms with Gasteiger partial charge in [0.15, 0.2) is 0 Å². The minimum absolute atomic E-state index is 0.205. The molecule has 0 aromatic carbocycles. The molecule has 0 spiro atoms. The lowest BCUT2D eigenvalue weighted by Gasteiger charge is -2.48. The first-order valence-electron chi connectivity index (χ1n) is 7.05. The summed E-state index contributed by atoms with van der Waals surface area (Å²) in [5.41, 5.74) is 1.54. The summed E-state index contributed by atoms with van der Waals surface area (Å²) >= 11 is 0. The van der Waals surface area contributed by atoms with E-state index in [2.05, 4.69) is 38.6 Å². The van der Waals surface area contributed by atoms with E-state index >= 15 is 0 Å². The highest BCUT2D eigenvalue weighted by Gasteiger charge is 2.59. The lowest BCUT2D eigenvalue weighted by molar-refractivity contribution is 0.0783. The lowest BCUT2D eigenvalue weighted by Crippen LogP contribution is -2.52. The van der Waals surface area contributed by atoms with Crippen molar-refractivity contribution in [3.63, 3.8) is 0 Å². The van der Waals surface area contributed by atoms with E-state index in [1.54, 1.807) is 0 Å². The van der Waals surface area contributed by atoms with Crippen molar-refractivity contribution in [3.8, 4) is 0 Å². The highest BCUT2D eigenvalue weighted by Crippen LogP contribution is 2.56. The molecule has 0 radical (unpaired) electrons. The quantitative estimate of drug-likeness (QED) is 0.449. The SMILES string of the molecule is [C-]#[N+][C@@]12C=C(C(C)C)CC[C@@]1(C)CCC[C@H]2C. The molecule has 94 valence electrons. The number of fused-ring (bicyclic) bond motifs is 1. The molecule has 2 aliphatic rings. The summed E-state index contributed by atoms with van der Waals surface area (Å²) in [4.78, 5) is 4.16. The first-order chi connectivity index (χ1) is 7.95. The van der Waals surface area contributed by atoms with Crippen LogP contribution in [0.2, 0.25) is 0 Å². The second kappa shape index (κ2) is 4.16. The van der Waals surface area contributed by atoms with Crippen LogP contribution >= 0.6 is 0 Å². The maximum absolute atomic E-state index is 7.78. The molecule has 1 heteroatoms. The Hall–Kier alpha value is -0.770. The van der Waals surface area contributed by atoms with Crippen LogP contribution in [0.4, 0.5) is 0 Å². The van der Waals surface area contributed by atoms with E-state index in [-0.39, 0.29) is 11.0 Å². The van der Waals surface area contributed by atoms with Gasteiger partial charge < -0.3 is 4.85 Å². The fourth-order valence-corrected chi connectivity index (χ4v) is 3.96. The maximum atomic E-state index is 7.78. The molecule has 17 heavy (non-hydrogen) atoms. The molecular formula is C16H25N. The summed E-state index contributed by atoms with van der Waals surface area (Å²) in [5.74, 6) is 1.13. The minimum atomic E-state index is -0.205. The van der Waals surface area contributed by atoms with Crippen molar-refractivity contribution in [1.29, 1.82) is 0 Å². The number of rotatable bonds is 1. The van der Waals surface area contributed by atoms with Crippen LogP contribution in [0.1, 0.15) is 59.8 Å². The Bertz CT molecular complexity index is 373. The smallest absolute Gasteiger partial charge is 0.258 e. The van der Waals surface area contributed by atoms with Crippen molar-refractivity contribution < 1.29 is 0 Å². The molecule has 0 aromatic heterocycles. The topological polar surface area (TPSA) is 4.36 Å². The maximum Gasteiger partial charge on any atom is 0.258 e. The monoisotopic (exact) mass is 231 g/mol. The van der Waals surface area contributed by atoms with Crippen LogP contribution in [0.3, 0.4) is 0 Å². The fraction of sp³-hybridized carbons (Fsp3) is 0.812. The number of nitrogens with zero attached hydrogens (tertiary/aromatic N) is 1. The number of hydrogen-bond donors (Lipinski definition) is 0. The Morgan fingerprint density at radius 1 is 1.41 bits per heavy atom. The third-order valence-corrected chi connectivity index (χ3v) is 5.38. The summed E-state index contributed by atoms with van der Waals surface area (Å²) in [5, 5.41) is 0. The summed E-state index contributed by atoms with van der Waals surface area (Å²) in [6, 6.07) is 0. The predicted molar refractivity (Wildman–Crippen MR) is 72.6 cm³/mol. The van der Waals surface area contributed by atoms with Gasteiger partial charge in [-0.2, -0.15) is 0 Å². The van der Waals surface area contributed by atoms with Crippen LogP contribution in [-0.2, 0) is 0 Å². The molecule has 1 fully saturated rings. The highest BCUT2D eigenvalue weighted by molar-refractivity contribution is 5.32. The predicted octanol–water partition coefficient (Wildman–Crippen LogP) is 4.85. The van der Waals surface area contributed by atoms with Gasteiger partial charge in [-0.25, -0.2) is 6.57 Å². The number of hydrogen-bond acceptors (Lipinski definition) is 0. The van der Waals surface area contributed by atoms with Crippen LogP contribution < -0.4 is 0 Å². The summed E-state index contributed by atoms with van der Waals surface area (Å²) in [6.07, 6.45) is 8.56. The Labute approximate surface area is 106 Å². The molecule has 0 saturated heterocycles.